The Morgan fingerprint density at radius 2 is 1.45 bits per heavy atom. The van der Waals surface area contributed by atoms with E-state index in [0.29, 0.717) is 13.2 Å². The molecule has 3 aromatic carbocycles. The van der Waals surface area contributed by atoms with E-state index in [2.05, 4.69) is 73.9 Å². The first-order valence-electron chi connectivity index (χ1n) is 15.3. The first-order chi connectivity index (χ1) is 20.7. The number of urea groups is 1. The highest BCUT2D eigenvalue weighted by molar-refractivity contribution is 5.89. The molecule has 8 nitrogen and oxygen atoms in total. The number of rotatable bonds is 12. The van der Waals surface area contributed by atoms with Crippen molar-refractivity contribution in [3.8, 4) is 5.75 Å². The Balaban J connectivity index is 1.01. The standard InChI is InChI=1S/C34H45N5O3/c40-34(35-15-5-16-37-21-23-41-24-22-37)36-32-10-4-9-31(25-32)27-39-18-6-17-38(19-20-39)26-29-11-13-33(14-12-29)42-28-30-7-2-1-3-8-30/h1-4,7-14,25H,5-6,15-24,26-28H2,(H2,35,36,40). The van der Waals surface area contributed by atoms with Crippen molar-refractivity contribution in [2.75, 3.05) is 70.9 Å². The molecule has 2 aliphatic heterocycles. The summed E-state index contributed by atoms with van der Waals surface area (Å²) in [6.45, 7) is 11.9. The zero-order valence-corrected chi connectivity index (χ0v) is 24.7. The molecule has 0 unspecified atom stereocenters. The Hall–Kier alpha value is -3.43. The molecular weight excluding hydrogens is 526 g/mol. The average molecular weight is 572 g/mol. The van der Waals surface area contributed by atoms with Crippen molar-refractivity contribution in [1.29, 1.82) is 0 Å². The summed E-state index contributed by atoms with van der Waals surface area (Å²) in [6, 6.07) is 26.9. The number of nitrogens with zero attached hydrogens (tertiary/aromatic N) is 3. The van der Waals surface area contributed by atoms with Gasteiger partial charge in [0, 0.05) is 51.5 Å². The zero-order chi connectivity index (χ0) is 28.8. The molecule has 5 rings (SSSR count). The van der Waals surface area contributed by atoms with Gasteiger partial charge in [-0.05, 0) is 73.4 Å². The van der Waals surface area contributed by atoms with E-state index in [1.807, 2.05) is 30.3 Å². The number of nitrogens with one attached hydrogen (secondary N) is 2. The van der Waals surface area contributed by atoms with Crippen LogP contribution in [0.1, 0.15) is 29.5 Å². The van der Waals surface area contributed by atoms with Gasteiger partial charge in [-0.15, -0.1) is 0 Å². The highest BCUT2D eigenvalue weighted by Crippen LogP contribution is 2.18. The number of anilines is 1. The predicted molar refractivity (Wildman–Crippen MR) is 168 cm³/mol. The smallest absolute Gasteiger partial charge is 0.319 e. The minimum Gasteiger partial charge on any atom is -0.489 e. The van der Waals surface area contributed by atoms with Gasteiger partial charge >= 0.3 is 6.03 Å². The number of morpholine rings is 1. The summed E-state index contributed by atoms with van der Waals surface area (Å²) in [5, 5.41) is 6.00. The third-order valence-corrected chi connectivity index (χ3v) is 7.89. The quantitative estimate of drug-likeness (QED) is 0.304. The van der Waals surface area contributed by atoms with Gasteiger partial charge in [-0.2, -0.15) is 0 Å². The molecule has 0 bridgehead atoms. The van der Waals surface area contributed by atoms with Crippen LogP contribution >= 0.6 is 0 Å². The minimum atomic E-state index is -0.143. The van der Waals surface area contributed by atoms with Gasteiger partial charge in [-0.3, -0.25) is 14.7 Å². The van der Waals surface area contributed by atoms with Crippen LogP contribution in [0.4, 0.5) is 10.5 Å². The van der Waals surface area contributed by atoms with Crippen LogP contribution in [0, 0.1) is 0 Å². The molecule has 0 radical (unpaired) electrons. The van der Waals surface area contributed by atoms with Crippen molar-refractivity contribution in [2.24, 2.45) is 0 Å². The van der Waals surface area contributed by atoms with Gasteiger partial charge in [-0.25, -0.2) is 4.79 Å². The second-order valence-electron chi connectivity index (χ2n) is 11.2. The van der Waals surface area contributed by atoms with E-state index >= 15 is 0 Å². The van der Waals surface area contributed by atoms with Crippen molar-refractivity contribution in [3.05, 3.63) is 95.6 Å². The fraction of sp³-hybridized carbons (Fsp3) is 0.441. The summed E-state index contributed by atoms with van der Waals surface area (Å²) in [5.41, 5.74) is 4.55. The van der Waals surface area contributed by atoms with Crippen molar-refractivity contribution >= 4 is 11.7 Å². The Morgan fingerprint density at radius 1 is 0.738 bits per heavy atom. The molecule has 224 valence electrons. The third-order valence-electron chi connectivity index (χ3n) is 7.89. The van der Waals surface area contributed by atoms with Crippen LogP contribution in [-0.2, 0) is 24.4 Å². The lowest BCUT2D eigenvalue weighted by molar-refractivity contribution is 0.0375. The number of benzene rings is 3. The molecule has 0 atom stereocenters. The van der Waals surface area contributed by atoms with Crippen molar-refractivity contribution in [1.82, 2.24) is 20.0 Å². The maximum Gasteiger partial charge on any atom is 0.319 e. The molecule has 0 aromatic heterocycles. The fourth-order valence-corrected chi connectivity index (χ4v) is 5.54. The highest BCUT2D eigenvalue weighted by atomic mass is 16.5. The van der Waals surface area contributed by atoms with Crippen molar-refractivity contribution in [2.45, 2.75) is 32.5 Å². The molecule has 2 fully saturated rings. The molecular formula is C34H45N5O3. The molecule has 2 amide bonds. The van der Waals surface area contributed by atoms with E-state index in [9.17, 15) is 4.79 Å². The summed E-state index contributed by atoms with van der Waals surface area (Å²) in [5.74, 6) is 0.905. The Labute approximate surface area is 250 Å². The maximum absolute atomic E-state index is 12.4. The molecule has 0 aliphatic carbocycles. The van der Waals surface area contributed by atoms with Gasteiger partial charge in [0.2, 0.25) is 0 Å². The van der Waals surface area contributed by atoms with E-state index in [-0.39, 0.29) is 6.03 Å². The summed E-state index contributed by atoms with van der Waals surface area (Å²) in [7, 11) is 0. The number of hydrogen-bond donors (Lipinski definition) is 2. The number of carbonyl (C=O) groups is 1. The topological polar surface area (TPSA) is 69.3 Å². The molecule has 0 spiro atoms. The van der Waals surface area contributed by atoms with Crippen LogP contribution in [0.3, 0.4) is 0 Å². The molecule has 2 aliphatic rings. The number of carbonyl (C=O) groups excluding carboxylic acids is 1. The van der Waals surface area contributed by atoms with E-state index < -0.39 is 0 Å². The van der Waals surface area contributed by atoms with Crippen LogP contribution in [-0.4, -0.2) is 86.3 Å². The Kier molecular flexibility index (Phi) is 11.6. The van der Waals surface area contributed by atoms with Crippen LogP contribution < -0.4 is 15.4 Å². The van der Waals surface area contributed by atoms with Crippen LogP contribution in [0.5, 0.6) is 5.75 Å². The van der Waals surface area contributed by atoms with E-state index in [1.165, 1.54) is 16.7 Å². The summed E-state index contributed by atoms with van der Waals surface area (Å²) in [6.07, 6.45) is 2.08. The van der Waals surface area contributed by atoms with Crippen LogP contribution in [0.2, 0.25) is 0 Å². The molecule has 42 heavy (non-hydrogen) atoms. The lowest BCUT2D eigenvalue weighted by Crippen LogP contribution is -2.38. The second-order valence-corrected chi connectivity index (χ2v) is 11.2. The summed E-state index contributed by atoms with van der Waals surface area (Å²) < 4.78 is 11.3. The SMILES string of the molecule is O=C(NCCCN1CCOCC1)Nc1cccc(CN2CCCN(Cc3ccc(OCc4ccccc4)cc3)CC2)c1. The average Bonchev–Trinajstić information content (AvgIpc) is 3.25. The van der Waals surface area contributed by atoms with Crippen molar-refractivity contribution < 1.29 is 14.3 Å². The van der Waals surface area contributed by atoms with Gasteiger partial charge < -0.3 is 20.1 Å². The molecule has 2 heterocycles. The molecule has 8 heteroatoms. The number of hydrogen-bond acceptors (Lipinski definition) is 6. The first kappa shape index (κ1) is 30.0. The largest absolute Gasteiger partial charge is 0.489 e. The van der Waals surface area contributed by atoms with E-state index in [0.717, 1.165) is 96.4 Å². The molecule has 2 saturated heterocycles. The lowest BCUT2D eigenvalue weighted by Gasteiger charge is -2.26. The minimum absolute atomic E-state index is 0.143. The van der Waals surface area contributed by atoms with Gasteiger partial charge in [0.05, 0.1) is 13.2 Å². The third kappa shape index (κ3) is 10.1. The molecule has 2 N–H and O–H groups in total. The van der Waals surface area contributed by atoms with Gasteiger partial charge in [0.1, 0.15) is 12.4 Å². The van der Waals surface area contributed by atoms with E-state index in [4.69, 9.17) is 9.47 Å². The number of ether oxygens (including phenoxy) is 2. The van der Waals surface area contributed by atoms with E-state index in [1.54, 1.807) is 0 Å². The Morgan fingerprint density at radius 3 is 2.21 bits per heavy atom. The fourth-order valence-electron chi connectivity index (χ4n) is 5.54. The molecule has 0 saturated carbocycles. The second kappa shape index (κ2) is 16.3. The first-order valence-corrected chi connectivity index (χ1v) is 15.3. The van der Waals surface area contributed by atoms with Gasteiger partial charge in [0.25, 0.3) is 0 Å². The monoisotopic (exact) mass is 571 g/mol. The zero-order valence-electron chi connectivity index (χ0n) is 24.7. The highest BCUT2D eigenvalue weighted by Gasteiger charge is 2.16. The lowest BCUT2D eigenvalue weighted by atomic mass is 10.2. The van der Waals surface area contributed by atoms with Gasteiger partial charge in [0.15, 0.2) is 0 Å². The van der Waals surface area contributed by atoms with Crippen LogP contribution in [0.15, 0.2) is 78.9 Å². The van der Waals surface area contributed by atoms with Gasteiger partial charge in [-0.1, -0.05) is 54.6 Å². The number of amides is 2. The molecule has 3 aromatic rings. The summed E-state index contributed by atoms with van der Waals surface area (Å²) in [4.78, 5) is 19.9. The Bertz CT molecular complexity index is 1220. The maximum atomic E-state index is 12.4. The summed E-state index contributed by atoms with van der Waals surface area (Å²) >= 11 is 0. The van der Waals surface area contributed by atoms with Crippen LogP contribution in [0.25, 0.3) is 0 Å². The normalized spacial score (nSPS) is 17.0. The predicted octanol–water partition coefficient (Wildman–Crippen LogP) is 4.82. The van der Waals surface area contributed by atoms with Crippen molar-refractivity contribution in [3.63, 3.8) is 0 Å².